The van der Waals surface area contributed by atoms with E-state index in [0.29, 0.717) is 23.9 Å². The fourth-order valence-corrected chi connectivity index (χ4v) is 10.6. The van der Waals surface area contributed by atoms with Gasteiger partial charge in [-0.25, -0.2) is 4.99 Å². The molecule has 4 nitrogen and oxygen atoms in total. The molecule has 0 saturated heterocycles. The molecule has 0 radical (unpaired) electrons. The van der Waals surface area contributed by atoms with Crippen LogP contribution in [0.25, 0.3) is 5.57 Å². The predicted molar refractivity (Wildman–Crippen MR) is 233 cm³/mol. The SMILES string of the molecule is C1=CC2c3ccccc3N(C3=CC(C4=NC(c5ccccc5)=NC(C5=CC=C(c6ccccc6)CC5)C4)CC(N4c5ccccc5C5C=CC=CC54)C3)C2C=C1. The van der Waals surface area contributed by atoms with E-state index in [-0.39, 0.29) is 18.0 Å². The number of hydrogen-bond donors (Lipinski definition) is 0. The minimum Gasteiger partial charge on any atom is -0.360 e. The summed E-state index contributed by atoms with van der Waals surface area (Å²) in [7, 11) is 0. The van der Waals surface area contributed by atoms with Gasteiger partial charge in [-0.3, -0.25) is 4.99 Å². The van der Waals surface area contributed by atoms with Crippen molar-refractivity contribution in [3.63, 3.8) is 0 Å². The molecule has 7 unspecified atom stereocenters. The predicted octanol–water partition coefficient (Wildman–Crippen LogP) is 11.3. The summed E-state index contributed by atoms with van der Waals surface area (Å²) in [6, 6.07) is 40.6. The summed E-state index contributed by atoms with van der Waals surface area (Å²) in [6.07, 6.45) is 30.8. The Balaban J connectivity index is 1.02. The van der Waals surface area contributed by atoms with Gasteiger partial charge in [0.25, 0.3) is 0 Å². The first-order chi connectivity index (χ1) is 27.8. The van der Waals surface area contributed by atoms with Crippen LogP contribution >= 0.6 is 0 Å². The van der Waals surface area contributed by atoms with Crippen LogP contribution in [0.4, 0.5) is 11.4 Å². The molecule has 0 bridgehead atoms. The zero-order valence-electron chi connectivity index (χ0n) is 31.6. The molecule has 0 amide bonds. The molecule has 0 N–H and O–H groups in total. The summed E-state index contributed by atoms with van der Waals surface area (Å²) in [4.78, 5) is 16.4. The molecule has 7 aliphatic rings. The second kappa shape index (κ2) is 13.9. The van der Waals surface area contributed by atoms with E-state index in [9.17, 15) is 0 Å². The number of benzene rings is 4. The third kappa shape index (κ3) is 5.73. The second-order valence-corrected chi connectivity index (χ2v) is 16.3. The van der Waals surface area contributed by atoms with E-state index in [0.717, 1.165) is 43.5 Å². The normalized spacial score (nSPS) is 28.4. The van der Waals surface area contributed by atoms with Crippen molar-refractivity contribution in [1.29, 1.82) is 0 Å². The first-order valence-corrected chi connectivity index (χ1v) is 20.6. The summed E-state index contributed by atoms with van der Waals surface area (Å²) in [5.74, 6) is 1.75. The highest BCUT2D eigenvalue weighted by molar-refractivity contribution is 6.10. The van der Waals surface area contributed by atoms with Crippen molar-refractivity contribution in [3.8, 4) is 0 Å². The highest BCUT2D eigenvalue weighted by Crippen LogP contribution is 2.51. The molecule has 274 valence electrons. The Labute approximate surface area is 330 Å². The summed E-state index contributed by atoms with van der Waals surface area (Å²) in [5, 5.41) is 0. The molecule has 0 aromatic heterocycles. The van der Waals surface area contributed by atoms with Gasteiger partial charge in [0.05, 0.1) is 18.1 Å². The average molecular weight is 727 g/mol. The lowest BCUT2D eigenvalue weighted by atomic mass is 9.80. The number of fused-ring (bicyclic) bond motifs is 6. The van der Waals surface area contributed by atoms with Gasteiger partial charge in [0, 0.05) is 65.0 Å². The van der Waals surface area contributed by atoms with Crippen molar-refractivity contribution in [2.75, 3.05) is 9.80 Å². The first kappa shape index (κ1) is 33.3. The van der Waals surface area contributed by atoms with Crippen molar-refractivity contribution in [2.24, 2.45) is 15.9 Å². The summed E-state index contributed by atoms with van der Waals surface area (Å²) in [6.45, 7) is 0. The number of hydrogen-bond acceptors (Lipinski definition) is 4. The first-order valence-electron chi connectivity index (χ1n) is 20.6. The van der Waals surface area contributed by atoms with Gasteiger partial charge in [0.2, 0.25) is 0 Å². The van der Waals surface area contributed by atoms with Gasteiger partial charge >= 0.3 is 0 Å². The number of amidine groups is 1. The number of anilines is 2. The highest BCUT2D eigenvalue weighted by atomic mass is 15.2. The molecule has 0 fully saturated rings. The van der Waals surface area contributed by atoms with Gasteiger partial charge in [-0.2, -0.15) is 0 Å². The lowest BCUT2D eigenvalue weighted by Gasteiger charge is -2.44. The van der Waals surface area contributed by atoms with Crippen molar-refractivity contribution < 1.29 is 0 Å². The maximum atomic E-state index is 5.55. The third-order valence-electron chi connectivity index (χ3n) is 13.2. The van der Waals surface area contributed by atoms with E-state index in [1.807, 2.05) is 0 Å². The van der Waals surface area contributed by atoms with Gasteiger partial charge in [0.15, 0.2) is 5.84 Å². The zero-order valence-corrected chi connectivity index (χ0v) is 31.6. The standard InChI is InChI=1S/C52H46N4/c1-3-15-35(16-4-1)36-27-29-37(30-28-36)46-34-47(54-52(53-46)38-17-5-2-6-18-38)39-31-40(55-48-23-11-7-19-42(48)43-20-8-12-24-49(43)55)33-41(32-39)56-50-25-13-9-21-44(50)45-22-10-14-26-51(45)56/h1-27,29,31,39,41-42,44,46,48,50H,28,30,32-34H2. The van der Waals surface area contributed by atoms with Crippen LogP contribution in [0.2, 0.25) is 0 Å². The van der Waals surface area contributed by atoms with E-state index >= 15 is 0 Å². The summed E-state index contributed by atoms with van der Waals surface area (Å²) >= 11 is 0. The van der Waals surface area contributed by atoms with Crippen molar-refractivity contribution in [2.45, 2.75) is 68.1 Å². The van der Waals surface area contributed by atoms with E-state index in [1.165, 1.54) is 50.6 Å². The molecule has 0 spiro atoms. The Morgan fingerprint density at radius 2 is 1.21 bits per heavy atom. The number of para-hydroxylation sites is 2. The lowest BCUT2D eigenvalue weighted by molar-refractivity contribution is 0.462. The largest absolute Gasteiger partial charge is 0.360 e. The van der Waals surface area contributed by atoms with Gasteiger partial charge in [-0.1, -0.05) is 164 Å². The molecule has 11 rings (SSSR count). The van der Waals surface area contributed by atoms with Gasteiger partial charge < -0.3 is 9.80 Å². The van der Waals surface area contributed by atoms with Crippen LogP contribution in [-0.4, -0.2) is 35.7 Å². The zero-order chi connectivity index (χ0) is 37.0. The fraction of sp³-hybridized carbons (Fsp3) is 0.231. The van der Waals surface area contributed by atoms with E-state index in [2.05, 4.69) is 186 Å². The molecule has 4 aromatic carbocycles. The molecule has 4 aliphatic carbocycles. The Hall–Kier alpha value is -6.00. The second-order valence-electron chi connectivity index (χ2n) is 16.3. The molecule has 56 heavy (non-hydrogen) atoms. The van der Waals surface area contributed by atoms with Gasteiger partial charge in [-0.05, 0) is 59.2 Å². The Kier molecular flexibility index (Phi) is 8.30. The lowest BCUT2D eigenvalue weighted by Crippen LogP contribution is -2.47. The van der Waals surface area contributed by atoms with Gasteiger partial charge in [0.1, 0.15) is 0 Å². The maximum absolute atomic E-state index is 5.55. The summed E-state index contributed by atoms with van der Waals surface area (Å²) < 4.78 is 0. The minimum atomic E-state index is 0.0649. The quantitative estimate of drug-likeness (QED) is 0.198. The van der Waals surface area contributed by atoms with Crippen LogP contribution in [-0.2, 0) is 0 Å². The van der Waals surface area contributed by atoms with E-state index < -0.39 is 0 Å². The Morgan fingerprint density at radius 3 is 1.96 bits per heavy atom. The molecular weight excluding hydrogens is 681 g/mol. The number of aliphatic imine (C=N–C) groups is 2. The summed E-state index contributed by atoms with van der Waals surface area (Å²) in [5.41, 5.74) is 13.5. The third-order valence-corrected chi connectivity index (χ3v) is 13.2. The van der Waals surface area contributed by atoms with Crippen LogP contribution in [0.15, 0.2) is 197 Å². The maximum Gasteiger partial charge on any atom is 0.155 e. The molecule has 4 heteroatoms. The minimum absolute atomic E-state index is 0.0649. The topological polar surface area (TPSA) is 31.2 Å². The van der Waals surface area contributed by atoms with Crippen molar-refractivity contribution in [1.82, 2.24) is 0 Å². The highest BCUT2D eigenvalue weighted by Gasteiger charge is 2.45. The van der Waals surface area contributed by atoms with Crippen LogP contribution in [0, 0.1) is 5.92 Å². The van der Waals surface area contributed by atoms with Crippen LogP contribution in [0.3, 0.4) is 0 Å². The monoisotopic (exact) mass is 726 g/mol. The number of rotatable bonds is 6. The molecule has 3 heterocycles. The van der Waals surface area contributed by atoms with Gasteiger partial charge in [-0.15, -0.1) is 0 Å². The molecule has 0 saturated carbocycles. The molecular formula is C52H46N4. The molecule has 3 aliphatic heterocycles. The fourth-order valence-electron chi connectivity index (χ4n) is 10.6. The van der Waals surface area contributed by atoms with Crippen LogP contribution in [0.1, 0.15) is 66.2 Å². The Morgan fingerprint density at radius 1 is 0.571 bits per heavy atom. The number of allylic oxidation sites excluding steroid dienone is 8. The Bertz CT molecular complexity index is 2460. The van der Waals surface area contributed by atoms with E-state index in [4.69, 9.17) is 9.98 Å². The number of nitrogens with zero attached hydrogens (tertiary/aromatic N) is 4. The van der Waals surface area contributed by atoms with Crippen LogP contribution < -0.4 is 9.80 Å². The smallest absolute Gasteiger partial charge is 0.155 e. The van der Waals surface area contributed by atoms with Crippen LogP contribution in [0.5, 0.6) is 0 Å². The molecule has 7 atom stereocenters. The van der Waals surface area contributed by atoms with E-state index in [1.54, 1.807) is 0 Å². The average Bonchev–Trinajstić information content (AvgIpc) is 3.80. The van der Waals surface area contributed by atoms with Crippen molar-refractivity contribution >= 4 is 28.5 Å². The van der Waals surface area contributed by atoms with Crippen molar-refractivity contribution in [3.05, 3.63) is 210 Å². The molecule has 4 aromatic rings.